The molecule has 0 spiro atoms. The fourth-order valence-corrected chi connectivity index (χ4v) is 3.61. The van der Waals surface area contributed by atoms with Crippen LogP contribution in [0.2, 0.25) is 0 Å². The van der Waals surface area contributed by atoms with E-state index < -0.39 is 18.0 Å². The average Bonchev–Trinajstić information content (AvgIpc) is 2.51. The molecule has 0 aromatic rings. The molecule has 0 bridgehead atoms. The number of carboxylic acids is 2. The molecule has 5 N–H and O–H groups in total. The number of nitrogens with one attached hydrogen (secondary N) is 1. The Morgan fingerprint density at radius 1 is 1.32 bits per heavy atom. The van der Waals surface area contributed by atoms with Gasteiger partial charge in [-0.2, -0.15) is 11.8 Å². The maximum Gasteiger partial charge on any atom is 0.352 e. The van der Waals surface area contributed by atoms with E-state index in [1.54, 1.807) is 6.08 Å². The van der Waals surface area contributed by atoms with Crippen molar-refractivity contribution in [3.63, 3.8) is 0 Å². The number of hydrogen-bond acceptors (Lipinski definition) is 5. The Labute approximate surface area is 152 Å². The highest BCUT2D eigenvalue weighted by Gasteiger charge is 2.43. The molecule has 142 valence electrons. The maximum atomic E-state index is 12.2. The zero-order valence-electron chi connectivity index (χ0n) is 14.8. The van der Waals surface area contributed by atoms with Crippen LogP contribution in [0.1, 0.15) is 46.0 Å². The second kappa shape index (κ2) is 9.82. The molecular formula is C17H28N2O5S. The number of unbranched alkanes of at least 4 members (excludes halogenated alkanes) is 2. The van der Waals surface area contributed by atoms with E-state index in [0.717, 1.165) is 31.4 Å². The smallest absolute Gasteiger partial charge is 0.352 e. The molecule has 25 heavy (non-hydrogen) atoms. The van der Waals surface area contributed by atoms with E-state index in [2.05, 4.69) is 5.32 Å². The van der Waals surface area contributed by atoms with Gasteiger partial charge in [-0.1, -0.05) is 19.9 Å². The molecule has 1 fully saturated rings. The third-order valence-electron chi connectivity index (χ3n) is 4.53. The summed E-state index contributed by atoms with van der Waals surface area (Å²) in [7, 11) is 0. The van der Waals surface area contributed by atoms with E-state index in [9.17, 15) is 19.5 Å². The fourth-order valence-electron chi connectivity index (χ4n) is 2.64. The first-order valence-electron chi connectivity index (χ1n) is 8.45. The lowest BCUT2D eigenvalue weighted by molar-refractivity contribution is -0.138. The molecule has 1 aliphatic carbocycles. The number of carboxylic acid groups (broad SMARTS) is 2. The lowest BCUT2D eigenvalue weighted by Gasteiger charge is -2.43. The van der Waals surface area contributed by atoms with Crippen molar-refractivity contribution in [1.29, 1.82) is 0 Å². The third-order valence-corrected chi connectivity index (χ3v) is 5.70. The van der Waals surface area contributed by atoms with E-state index in [-0.39, 0.29) is 22.9 Å². The number of thioether (sulfide) groups is 1. The largest absolute Gasteiger partial charge is 0.480 e. The van der Waals surface area contributed by atoms with Crippen LogP contribution in [0.3, 0.4) is 0 Å². The normalized spacial score (nSPS) is 20.4. The van der Waals surface area contributed by atoms with Crippen LogP contribution >= 0.6 is 11.8 Å². The fraction of sp³-hybridized carbons (Fsp3) is 0.706. The first-order valence-corrected chi connectivity index (χ1v) is 9.61. The van der Waals surface area contributed by atoms with Crippen LogP contribution in [0.5, 0.6) is 0 Å². The molecule has 1 rings (SSSR count). The number of rotatable bonds is 11. The summed E-state index contributed by atoms with van der Waals surface area (Å²) in [6.07, 6.45) is 5.43. The predicted octanol–water partition coefficient (Wildman–Crippen LogP) is 1.82. The van der Waals surface area contributed by atoms with E-state index >= 15 is 0 Å². The summed E-state index contributed by atoms with van der Waals surface area (Å²) in [5, 5.41) is 20.4. The van der Waals surface area contributed by atoms with Gasteiger partial charge in [0.2, 0.25) is 5.91 Å². The summed E-state index contributed by atoms with van der Waals surface area (Å²) in [5.41, 5.74) is 5.27. The van der Waals surface area contributed by atoms with Crippen LogP contribution in [0.4, 0.5) is 0 Å². The van der Waals surface area contributed by atoms with Crippen LogP contribution in [0, 0.1) is 11.3 Å². The SMILES string of the molecule is CC1(C)CCC1C(=O)N/C(=C\CCCCSCC(N)C(=O)O)C(=O)O. The minimum Gasteiger partial charge on any atom is -0.480 e. The van der Waals surface area contributed by atoms with Crippen LogP contribution in [-0.4, -0.2) is 45.6 Å². The summed E-state index contributed by atoms with van der Waals surface area (Å²) in [4.78, 5) is 34.0. The first-order chi connectivity index (χ1) is 11.6. The average molecular weight is 372 g/mol. The van der Waals surface area contributed by atoms with E-state index in [1.807, 2.05) is 13.8 Å². The topological polar surface area (TPSA) is 130 Å². The van der Waals surface area contributed by atoms with Gasteiger partial charge in [0.15, 0.2) is 0 Å². The summed E-state index contributed by atoms with van der Waals surface area (Å²) >= 11 is 1.47. The molecule has 1 aliphatic rings. The van der Waals surface area contributed by atoms with Crippen molar-refractivity contribution in [1.82, 2.24) is 5.32 Å². The number of hydrogen-bond donors (Lipinski definition) is 4. The molecule has 1 amide bonds. The van der Waals surface area contributed by atoms with Gasteiger partial charge in [-0.3, -0.25) is 9.59 Å². The van der Waals surface area contributed by atoms with Crippen molar-refractivity contribution in [2.45, 2.75) is 52.0 Å². The highest BCUT2D eigenvalue weighted by atomic mass is 32.2. The molecule has 1 saturated carbocycles. The summed E-state index contributed by atoms with van der Waals surface area (Å²) in [6, 6.07) is -0.852. The van der Waals surface area contributed by atoms with Crippen LogP contribution < -0.4 is 11.1 Å². The molecule has 0 aromatic heterocycles. The number of nitrogens with two attached hydrogens (primary N) is 1. The molecule has 0 saturated heterocycles. The van der Waals surface area contributed by atoms with Gasteiger partial charge in [-0.05, 0) is 43.3 Å². The molecule has 0 aromatic carbocycles. The molecule has 0 radical (unpaired) electrons. The van der Waals surface area contributed by atoms with Gasteiger partial charge in [0.25, 0.3) is 0 Å². The molecule has 2 atom stereocenters. The number of carbonyl (C=O) groups is 3. The van der Waals surface area contributed by atoms with Crippen molar-refractivity contribution in [3.8, 4) is 0 Å². The van der Waals surface area contributed by atoms with Crippen molar-refractivity contribution in [2.75, 3.05) is 11.5 Å². The first kappa shape index (κ1) is 21.5. The van der Waals surface area contributed by atoms with Crippen molar-refractivity contribution in [3.05, 3.63) is 11.8 Å². The van der Waals surface area contributed by atoms with E-state index in [4.69, 9.17) is 10.8 Å². The van der Waals surface area contributed by atoms with Gasteiger partial charge in [-0.15, -0.1) is 0 Å². The molecule has 2 unspecified atom stereocenters. The monoisotopic (exact) mass is 372 g/mol. The van der Waals surface area contributed by atoms with Crippen molar-refractivity contribution < 1.29 is 24.6 Å². The van der Waals surface area contributed by atoms with Crippen LogP contribution in [0.25, 0.3) is 0 Å². The zero-order valence-corrected chi connectivity index (χ0v) is 15.6. The zero-order chi connectivity index (χ0) is 19.0. The summed E-state index contributed by atoms with van der Waals surface area (Å²) < 4.78 is 0. The molecular weight excluding hydrogens is 344 g/mol. The summed E-state index contributed by atoms with van der Waals surface area (Å²) in [5.74, 6) is -1.37. The quantitative estimate of drug-likeness (QED) is 0.321. The van der Waals surface area contributed by atoms with E-state index in [0.29, 0.717) is 12.2 Å². The van der Waals surface area contributed by atoms with Gasteiger partial charge in [0.1, 0.15) is 11.7 Å². The number of carbonyl (C=O) groups excluding carboxylic acids is 1. The molecule has 7 nitrogen and oxygen atoms in total. The second-order valence-electron chi connectivity index (χ2n) is 7.01. The Hall–Kier alpha value is -1.54. The minimum atomic E-state index is -1.13. The predicted molar refractivity (Wildman–Crippen MR) is 97.2 cm³/mol. The second-order valence-corrected chi connectivity index (χ2v) is 8.16. The Bertz CT molecular complexity index is 533. The minimum absolute atomic E-state index is 0.0618. The number of allylic oxidation sites excluding steroid dienone is 1. The van der Waals surface area contributed by atoms with Crippen LogP contribution in [0.15, 0.2) is 11.8 Å². The number of amides is 1. The van der Waals surface area contributed by atoms with Gasteiger partial charge in [0.05, 0.1) is 0 Å². The van der Waals surface area contributed by atoms with Crippen molar-refractivity contribution >= 4 is 29.6 Å². The molecule has 0 heterocycles. The Morgan fingerprint density at radius 2 is 2.00 bits per heavy atom. The van der Waals surface area contributed by atoms with Gasteiger partial charge in [-0.25, -0.2) is 4.79 Å². The Balaban J connectivity index is 2.31. The molecule has 0 aliphatic heterocycles. The highest BCUT2D eigenvalue weighted by molar-refractivity contribution is 7.99. The third kappa shape index (κ3) is 7.07. The van der Waals surface area contributed by atoms with Crippen molar-refractivity contribution in [2.24, 2.45) is 17.1 Å². The Morgan fingerprint density at radius 3 is 2.48 bits per heavy atom. The highest BCUT2D eigenvalue weighted by Crippen LogP contribution is 2.45. The lowest BCUT2D eigenvalue weighted by Crippen LogP contribution is -2.46. The molecule has 8 heteroatoms. The number of aliphatic carboxylic acids is 2. The Kier molecular flexibility index (Phi) is 8.44. The standard InChI is InChI=1S/C17H28N2O5S/c1-17(2)8-7-11(17)14(20)19-13(16(23)24)6-4-3-5-9-25-10-12(18)15(21)22/h6,11-12H,3-5,7-10,18H2,1-2H3,(H,19,20)(H,21,22)(H,23,24)/b13-6-. The lowest BCUT2D eigenvalue weighted by atomic mass is 9.62. The van der Waals surface area contributed by atoms with Crippen LogP contribution in [-0.2, 0) is 14.4 Å². The van der Waals surface area contributed by atoms with Gasteiger partial charge < -0.3 is 21.3 Å². The van der Waals surface area contributed by atoms with Gasteiger partial charge >= 0.3 is 11.9 Å². The summed E-state index contributed by atoms with van der Waals surface area (Å²) in [6.45, 7) is 4.03. The van der Waals surface area contributed by atoms with Gasteiger partial charge in [0, 0.05) is 11.7 Å². The maximum absolute atomic E-state index is 12.2. The van der Waals surface area contributed by atoms with E-state index in [1.165, 1.54) is 11.8 Å².